The molecule has 1 aromatic heterocycles. The fourth-order valence-electron chi connectivity index (χ4n) is 1.88. The van der Waals surface area contributed by atoms with Crippen LogP contribution in [-0.4, -0.2) is 6.10 Å². The van der Waals surface area contributed by atoms with E-state index in [2.05, 4.69) is 48.0 Å². The van der Waals surface area contributed by atoms with Crippen LogP contribution >= 0.6 is 27.3 Å². The van der Waals surface area contributed by atoms with Crippen molar-refractivity contribution < 1.29 is 4.74 Å². The number of aryl methyl sites for hydroxylation is 2. The minimum Gasteiger partial charge on any atom is -0.491 e. The first-order valence-electron chi connectivity index (χ1n) is 6.45. The van der Waals surface area contributed by atoms with Crippen molar-refractivity contribution in [2.24, 2.45) is 0 Å². The summed E-state index contributed by atoms with van der Waals surface area (Å²) in [4.78, 5) is 3.00. The lowest BCUT2D eigenvalue weighted by Crippen LogP contribution is -2.05. The Labute approximate surface area is 127 Å². The maximum atomic E-state index is 5.67. The first-order chi connectivity index (χ1) is 8.97. The molecule has 1 unspecified atom stereocenters. The fourth-order valence-corrected chi connectivity index (χ4v) is 3.64. The van der Waals surface area contributed by atoms with E-state index in [1.807, 2.05) is 37.3 Å². The van der Waals surface area contributed by atoms with E-state index >= 15 is 0 Å². The molecule has 0 saturated heterocycles. The number of halogens is 1. The summed E-state index contributed by atoms with van der Waals surface area (Å²) in [5.41, 5.74) is 2.63. The average molecular weight is 339 g/mol. The lowest BCUT2D eigenvalue weighted by atomic mass is 10.1. The monoisotopic (exact) mass is 338 g/mol. The zero-order chi connectivity index (χ0) is 14.0. The van der Waals surface area contributed by atoms with Gasteiger partial charge in [-0.3, -0.25) is 0 Å². The molecule has 19 heavy (non-hydrogen) atoms. The molecule has 0 amide bonds. The predicted octanol–water partition coefficient (Wildman–Crippen LogP) is 5.64. The Kier molecular flexibility index (Phi) is 4.69. The summed E-state index contributed by atoms with van der Waals surface area (Å²) in [7, 11) is 0. The van der Waals surface area contributed by atoms with Crippen LogP contribution in [-0.2, 0) is 0 Å². The number of rotatable bonds is 4. The van der Waals surface area contributed by atoms with Crippen molar-refractivity contribution in [2.75, 3.05) is 0 Å². The van der Waals surface area contributed by atoms with Crippen molar-refractivity contribution >= 4 is 27.3 Å². The van der Waals surface area contributed by atoms with Gasteiger partial charge in [-0.2, -0.15) is 0 Å². The van der Waals surface area contributed by atoms with Crippen LogP contribution in [0.1, 0.15) is 39.6 Å². The Balaban J connectivity index is 2.17. The van der Waals surface area contributed by atoms with Crippen LogP contribution in [0.25, 0.3) is 0 Å². The molecule has 2 rings (SSSR count). The van der Waals surface area contributed by atoms with Crippen LogP contribution in [0.5, 0.6) is 5.75 Å². The molecule has 0 bridgehead atoms. The van der Waals surface area contributed by atoms with Gasteiger partial charge in [0.1, 0.15) is 5.75 Å². The van der Waals surface area contributed by atoms with Crippen molar-refractivity contribution in [2.45, 2.75) is 38.6 Å². The Morgan fingerprint density at radius 3 is 2.21 bits per heavy atom. The zero-order valence-electron chi connectivity index (χ0n) is 11.7. The van der Waals surface area contributed by atoms with Crippen molar-refractivity contribution in [3.05, 3.63) is 51.2 Å². The molecule has 0 radical (unpaired) electrons. The van der Waals surface area contributed by atoms with Gasteiger partial charge in [0.25, 0.3) is 0 Å². The third kappa shape index (κ3) is 3.61. The maximum Gasteiger partial charge on any atom is 0.119 e. The van der Waals surface area contributed by atoms with Gasteiger partial charge in [0.15, 0.2) is 0 Å². The minimum atomic E-state index is 0.216. The normalized spacial score (nSPS) is 12.7. The number of hydrogen-bond acceptors (Lipinski definition) is 2. The summed E-state index contributed by atoms with van der Waals surface area (Å²) in [6, 6.07) is 10.6. The first kappa shape index (κ1) is 14.6. The van der Waals surface area contributed by atoms with E-state index in [-0.39, 0.29) is 10.9 Å². The van der Waals surface area contributed by atoms with Gasteiger partial charge in [-0.1, -0.05) is 28.1 Å². The fraction of sp³-hybridized carbons (Fsp3) is 0.375. The van der Waals surface area contributed by atoms with Crippen molar-refractivity contribution in [1.29, 1.82) is 0 Å². The molecule has 1 heterocycles. The predicted molar refractivity (Wildman–Crippen MR) is 86.8 cm³/mol. The molecular weight excluding hydrogens is 320 g/mol. The second-order valence-corrected chi connectivity index (χ2v) is 7.19. The highest BCUT2D eigenvalue weighted by Gasteiger charge is 2.14. The van der Waals surface area contributed by atoms with Gasteiger partial charge in [-0.05, 0) is 57.0 Å². The standard InChI is InChI=1S/C16H19BrOS/c1-10(2)18-14-7-5-13(6-8-14)16(17)15-9-11(3)12(4)19-15/h5-10,16H,1-4H3. The lowest BCUT2D eigenvalue weighted by molar-refractivity contribution is 0.242. The van der Waals surface area contributed by atoms with Gasteiger partial charge < -0.3 is 4.74 Å². The quantitative estimate of drug-likeness (QED) is 0.655. The van der Waals surface area contributed by atoms with Crippen LogP contribution in [0, 0.1) is 13.8 Å². The topological polar surface area (TPSA) is 9.23 Å². The molecular formula is C16H19BrOS. The highest BCUT2D eigenvalue weighted by Crippen LogP contribution is 2.37. The van der Waals surface area contributed by atoms with Crippen molar-refractivity contribution in [3.63, 3.8) is 0 Å². The molecule has 1 nitrogen and oxygen atoms in total. The van der Waals surface area contributed by atoms with Gasteiger partial charge in [0, 0.05) is 9.75 Å². The van der Waals surface area contributed by atoms with Crippen LogP contribution in [0.4, 0.5) is 0 Å². The van der Waals surface area contributed by atoms with E-state index in [0.717, 1.165) is 5.75 Å². The molecule has 1 atom stereocenters. The third-order valence-corrected chi connectivity index (χ3v) is 5.52. The van der Waals surface area contributed by atoms with Crippen LogP contribution < -0.4 is 4.74 Å². The number of thiophene rings is 1. The smallest absolute Gasteiger partial charge is 0.119 e. The molecule has 102 valence electrons. The minimum absolute atomic E-state index is 0.216. The Morgan fingerprint density at radius 1 is 1.11 bits per heavy atom. The van der Waals surface area contributed by atoms with E-state index in [4.69, 9.17) is 4.74 Å². The highest BCUT2D eigenvalue weighted by atomic mass is 79.9. The molecule has 0 N–H and O–H groups in total. The molecule has 0 aliphatic carbocycles. The molecule has 0 saturated carbocycles. The van der Waals surface area contributed by atoms with E-state index in [0.29, 0.717) is 0 Å². The van der Waals surface area contributed by atoms with E-state index < -0.39 is 0 Å². The molecule has 0 aliphatic rings. The number of hydrogen-bond donors (Lipinski definition) is 0. The van der Waals surface area contributed by atoms with Crippen LogP contribution in [0.2, 0.25) is 0 Å². The average Bonchev–Trinajstić information content (AvgIpc) is 2.69. The van der Waals surface area contributed by atoms with Crippen molar-refractivity contribution in [1.82, 2.24) is 0 Å². The van der Waals surface area contributed by atoms with Gasteiger partial charge >= 0.3 is 0 Å². The van der Waals surface area contributed by atoms with Gasteiger partial charge in [0.05, 0.1) is 10.9 Å². The van der Waals surface area contributed by atoms with Crippen LogP contribution in [0.3, 0.4) is 0 Å². The number of ether oxygens (including phenoxy) is 1. The highest BCUT2D eigenvalue weighted by molar-refractivity contribution is 9.09. The summed E-state index contributed by atoms with van der Waals surface area (Å²) in [5, 5.41) is 0. The molecule has 0 aliphatic heterocycles. The SMILES string of the molecule is Cc1cc(C(Br)c2ccc(OC(C)C)cc2)sc1C. The van der Waals surface area contributed by atoms with E-state index in [1.165, 1.54) is 20.9 Å². The third-order valence-electron chi connectivity index (χ3n) is 2.98. The van der Waals surface area contributed by atoms with Gasteiger partial charge in [0.2, 0.25) is 0 Å². The molecule has 2 aromatic rings. The Bertz CT molecular complexity index is 523. The molecule has 3 heteroatoms. The lowest BCUT2D eigenvalue weighted by Gasteiger charge is -2.12. The molecule has 0 spiro atoms. The van der Waals surface area contributed by atoms with E-state index in [9.17, 15) is 0 Å². The zero-order valence-corrected chi connectivity index (χ0v) is 14.1. The van der Waals surface area contributed by atoms with Gasteiger partial charge in [-0.25, -0.2) is 0 Å². The second-order valence-electron chi connectivity index (χ2n) is 4.99. The van der Waals surface area contributed by atoms with Gasteiger partial charge in [-0.15, -0.1) is 11.3 Å². The summed E-state index contributed by atoms with van der Waals surface area (Å²) >= 11 is 5.64. The Morgan fingerprint density at radius 2 is 1.74 bits per heavy atom. The second kappa shape index (κ2) is 6.10. The summed E-state index contributed by atoms with van der Waals surface area (Å²) in [5.74, 6) is 0.928. The van der Waals surface area contributed by atoms with E-state index in [1.54, 1.807) is 0 Å². The van der Waals surface area contributed by atoms with Crippen molar-refractivity contribution in [3.8, 4) is 5.75 Å². The van der Waals surface area contributed by atoms with Crippen LogP contribution in [0.15, 0.2) is 30.3 Å². The summed E-state index contributed by atoms with van der Waals surface area (Å²) < 4.78 is 5.67. The molecule has 0 fully saturated rings. The number of benzene rings is 1. The first-order valence-corrected chi connectivity index (χ1v) is 8.18. The Hall–Kier alpha value is -0.800. The summed E-state index contributed by atoms with van der Waals surface area (Å²) in [6.45, 7) is 8.41. The molecule has 1 aromatic carbocycles. The largest absolute Gasteiger partial charge is 0.491 e. The summed E-state index contributed by atoms with van der Waals surface area (Å²) in [6.07, 6.45) is 0.216. The maximum absolute atomic E-state index is 5.67. The number of alkyl halides is 1.